The second-order valence-corrected chi connectivity index (χ2v) is 10.7. The number of nitriles is 2. The Kier molecular flexibility index (Phi) is 5.77. The molecule has 1 aliphatic heterocycles. The molecule has 2 saturated carbocycles. The standard InChI is InChI=1S/C28H32N6O/c1-32(2)28(22-7-4-3-5-8-22)15-13-27(14-16-28)21-33(24-10-9-23(17-29)31-18-24)25(35)34(27)20-26(19-30)11-6-12-26/h3-5,7-10,18H,6,11-16,20-21H2,1-2H3/t27-,28-. The normalized spacial score (nSPS) is 27.5. The van der Waals surface area contributed by atoms with E-state index in [-0.39, 0.29) is 17.1 Å². The first-order valence-electron chi connectivity index (χ1n) is 12.5. The van der Waals surface area contributed by atoms with E-state index in [0.717, 1.165) is 44.9 Å². The van der Waals surface area contributed by atoms with Crippen molar-refractivity contribution in [3.8, 4) is 12.1 Å². The Balaban J connectivity index is 1.48. The van der Waals surface area contributed by atoms with E-state index in [9.17, 15) is 10.1 Å². The smallest absolute Gasteiger partial charge is 0.315 e. The van der Waals surface area contributed by atoms with Crippen LogP contribution in [0.1, 0.15) is 56.2 Å². The van der Waals surface area contributed by atoms with Crippen molar-refractivity contribution >= 4 is 11.7 Å². The topological polar surface area (TPSA) is 87.3 Å². The maximum absolute atomic E-state index is 13.9. The fourth-order valence-electron chi connectivity index (χ4n) is 6.36. The van der Waals surface area contributed by atoms with Gasteiger partial charge in [-0.3, -0.25) is 9.80 Å². The molecule has 0 bridgehead atoms. The maximum atomic E-state index is 13.9. The Morgan fingerprint density at radius 2 is 1.71 bits per heavy atom. The van der Waals surface area contributed by atoms with Gasteiger partial charge in [-0.2, -0.15) is 10.5 Å². The zero-order valence-corrected chi connectivity index (χ0v) is 20.6. The number of nitrogens with zero attached hydrogens (tertiary/aromatic N) is 6. The average molecular weight is 469 g/mol. The Morgan fingerprint density at radius 3 is 2.23 bits per heavy atom. The summed E-state index contributed by atoms with van der Waals surface area (Å²) in [6, 6.07) is 18.7. The number of amides is 2. The van der Waals surface area contributed by atoms with E-state index >= 15 is 0 Å². The maximum Gasteiger partial charge on any atom is 0.325 e. The van der Waals surface area contributed by atoms with Gasteiger partial charge in [0.1, 0.15) is 11.8 Å². The van der Waals surface area contributed by atoms with Crippen molar-refractivity contribution in [3.63, 3.8) is 0 Å². The predicted molar refractivity (Wildman–Crippen MR) is 133 cm³/mol. The summed E-state index contributed by atoms with van der Waals surface area (Å²) in [4.78, 5) is 24.2. The molecule has 1 spiro atoms. The van der Waals surface area contributed by atoms with Crippen LogP contribution in [-0.4, -0.2) is 53.5 Å². The first kappa shape index (κ1) is 23.3. The van der Waals surface area contributed by atoms with Gasteiger partial charge in [0.05, 0.1) is 35.5 Å². The first-order valence-corrected chi connectivity index (χ1v) is 12.5. The molecular weight excluding hydrogens is 436 g/mol. The molecule has 0 N–H and O–H groups in total. The highest BCUT2D eigenvalue weighted by Crippen LogP contribution is 2.51. The first-order chi connectivity index (χ1) is 16.9. The van der Waals surface area contributed by atoms with Crippen LogP contribution >= 0.6 is 0 Å². The number of anilines is 1. The highest BCUT2D eigenvalue weighted by atomic mass is 16.2. The van der Waals surface area contributed by atoms with Crippen LogP contribution in [0.2, 0.25) is 0 Å². The minimum absolute atomic E-state index is 0.0462. The molecule has 0 radical (unpaired) electrons. The third kappa shape index (κ3) is 3.75. The zero-order valence-electron chi connectivity index (χ0n) is 20.6. The Bertz CT molecular complexity index is 1160. The summed E-state index contributed by atoms with van der Waals surface area (Å²) < 4.78 is 0. The molecule has 2 amide bonds. The molecule has 1 saturated heterocycles. The monoisotopic (exact) mass is 468 g/mol. The molecule has 7 heteroatoms. The molecule has 2 aliphatic carbocycles. The van der Waals surface area contributed by atoms with E-state index < -0.39 is 5.41 Å². The van der Waals surface area contributed by atoms with E-state index in [0.29, 0.717) is 24.5 Å². The lowest BCUT2D eigenvalue weighted by molar-refractivity contribution is 0.00826. The van der Waals surface area contributed by atoms with Crippen molar-refractivity contribution in [2.75, 3.05) is 32.1 Å². The van der Waals surface area contributed by atoms with Crippen LogP contribution in [-0.2, 0) is 5.54 Å². The Hall–Kier alpha value is -3.42. The molecule has 2 aromatic rings. The third-order valence-corrected chi connectivity index (χ3v) is 8.84. The summed E-state index contributed by atoms with van der Waals surface area (Å²) in [6.45, 7) is 1.07. The third-order valence-electron chi connectivity index (χ3n) is 8.84. The molecule has 3 aliphatic rings. The van der Waals surface area contributed by atoms with Crippen LogP contribution in [0.25, 0.3) is 0 Å². The largest absolute Gasteiger partial charge is 0.325 e. The number of carbonyl (C=O) groups excluding carboxylic acids is 1. The summed E-state index contributed by atoms with van der Waals surface area (Å²) in [6.07, 6.45) is 7.99. The predicted octanol–water partition coefficient (Wildman–Crippen LogP) is 4.66. The quantitative estimate of drug-likeness (QED) is 0.637. The van der Waals surface area contributed by atoms with Crippen molar-refractivity contribution in [1.82, 2.24) is 14.8 Å². The van der Waals surface area contributed by atoms with Crippen molar-refractivity contribution in [2.24, 2.45) is 5.41 Å². The average Bonchev–Trinajstić information content (AvgIpc) is 3.13. The lowest BCUT2D eigenvalue weighted by Crippen LogP contribution is -2.57. The summed E-state index contributed by atoms with van der Waals surface area (Å²) in [5, 5.41) is 19.1. The van der Waals surface area contributed by atoms with Crippen molar-refractivity contribution in [3.05, 3.63) is 59.9 Å². The minimum atomic E-state index is -0.433. The fourth-order valence-corrected chi connectivity index (χ4v) is 6.36. The number of hydrogen-bond donors (Lipinski definition) is 0. The van der Waals surface area contributed by atoms with E-state index in [2.05, 4.69) is 60.4 Å². The summed E-state index contributed by atoms with van der Waals surface area (Å²) in [5.74, 6) is 0. The molecule has 2 heterocycles. The summed E-state index contributed by atoms with van der Waals surface area (Å²) >= 11 is 0. The van der Waals surface area contributed by atoms with E-state index in [1.807, 2.05) is 15.9 Å². The fraction of sp³-hybridized carbons (Fsp3) is 0.500. The lowest BCUT2D eigenvalue weighted by atomic mass is 9.66. The second-order valence-electron chi connectivity index (χ2n) is 10.7. The van der Waals surface area contributed by atoms with E-state index in [1.165, 1.54) is 5.56 Å². The molecule has 0 unspecified atom stereocenters. The van der Waals surface area contributed by atoms with Crippen LogP contribution in [0.4, 0.5) is 10.5 Å². The molecule has 0 atom stereocenters. The molecule has 1 aromatic carbocycles. The van der Waals surface area contributed by atoms with Crippen LogP contribution in [0.5, 0.6) is 0 Å². The summed E-state index contributed by atoms with van der Waals surface area (Å²) in [5.41, 5.74) is 1.53. The highest BCUT2D eigenvalue weighted by molar-refractivity contribution is 5.95. The molecule has 35 heavy (non-hydrogen) atoms. The van der Waals surface area contributed by atoms with Gasteiger partial charge in [0, 0.05) is 12.1 Å². The van der Waals surface area contributed by atoms with Gasteiger partial charge in [0.2, 0.25) is 0 Å². The molecular formula is C28H32N6O. The van der Waals surface area contributed by atoms with Gasteiger partial charge in [-0.05, 0) is 70.3 Å². The number of benzene rings is 1. The number of rotatable bonds is 5. The van der Waals surface area contributed by atoms with Crippen molar-refractivity contribution in [2.45, 2.75) is 56.0 Å². The zero-order chi connectivity index (χ0) is 24.7. The minimum Gasteiger partial charge on any atom is -0.315 e. The molecule has 1 aromatic heterocycles. The van der Waals surface area contributed by atoms with Crippen LogP contribution in [0.15, 0.2) is 48.7 Å². The number of carbonyl (C=O) groups is 1. The Morgan fingerprint density at radius 1 is 1.00 bits per heavy atom. The Labute approximate surface area is 207 Å². The summed E-state index contributed by atoms with van der Waals surface area (Å²) in [7, 11) is 4.30. The number of hydrogen-bond acceptors (Lipinski definition) is 5. The molecule has 3 fully saturated rings. The number of pyridine rings is 1. The van der Waals surface area contributed by atoms with E-state index in [4.69, 9.17) is 5.26 Å². The lowest BCUT2D eigenvalue weighted by Gasteiger charge is -2.52. The van der Waals surface area contributed by atoms with Crippen molar-refractivity contribution in [1.29, 1.82) is 10.5 Å². The van der Waals surface area contributed by atoms with Gasteiger partial charge >= 0.3 is 6.03 Å². The van der Waals surface area contributed by atoms with Crippen molar-refractivity contribution < 1.29 is 4.79 Å². The van der Waals surface area contributed by atoms with E-state index in [1.54, 1.807) is 18.3 Å². The van der Waals surface area contributed by atoms with Crippen LogP contribution in [0.3, 0.4) is 0 Å². The van der Waals surface area contributed by atoms with Crippen LogP contribution < -0.4 is 4.90 Å². The van der Waals surface area contributed by atoms with Gasteiger partial charge in [-0.15, -0.1) is 0 Å². The van der Waals surface area contributed by atoms with Gasteiger partial charge in [0.25, 0.3) is 0 Å². The van der Waals surface area contributed by atoms with Gasteiger partial charge in [-0.25, -0.2) is 9.78 Å². The van der Waals surface area contributed by atoms with Gasteiger partial charge in [-0.1, -0.05) is 36.8 Å². The molecule has 7 nitrogen and oxygen atoms in total. The van der Waals surface area contributed by atoms with Gasteiger partial charge < -0.3 is 4.90 Å². The number of aromatic nitrogens is 1. The highest BCUT2D eigenvalue weighted by Gasteiger charge is 2.57. The molecule has 180 valence electrons. The van der Waals surface area contributed by atoms with Gasteiger partial charge in [0.15, 0.2) is 0 Å². The SMILES string of the molecule is CN(C)[C@]1(c2ccccc2)CC[C@@]2(CC1)CN(c1ccc(C#N)nc1)C(=O)N2CC1(C#N)CCC1. The molecule has 5 rings (SSSR count). The van der Waals surface area contributed by atoms with Crippen LogP contribution in [0, 0.1) is 28.1 Å². The number of urea groups is 1. The second kappa shape index (κ2) is 8.66.